The van der Waals surface area contributed by atoms with Crippen molar-refractivity contribution in [1.82, 2.24) is 4.72 Å². The Bertz CT molecular complexity index is 1410. The molecule has 220 valence electrons. The number of nitriles is 1. The number of hydrogen-bond donors (Lipinski definition) is 2. The lowest BCUT2D eigenvalue weighted by Gasteiger charge is -2.71. The van der Waals surface area contributed by atoms with E-state index in [4.69, 9.17) is 0 Å². The van der Waals surface area contributed by atoms with E-state index in [1.807, 2.05) is 19.9 Å². The second-order valence-corrected chi connectivity index (χ2v) is 17.6. The van der Waals surface area contributed by atoms with Gasteiger partial charge in [0.1, 0.15) is 11.7 Å². The number of nitrogens with one attached hydrogen (secondary N) is 1. The van der Waals surface area contributed by atoms with Gasteiger partial charge in [-0.25, -0.2) is 13.1 Å². The Hall–Kier alpha value is -1.82. The van der Waals surface area contributed by atoms with Gasteiger partial charge in [0.15, 0.2) is 11.6 Å². The van der Waals surface area contributed by atoms with Crippen LogP contribution in [0.2, 0.25) is 0 Å². The lowest BCUT2D eigenvalue weighted by molar-refractivity contribution is -0.243. The van der Waals surface area contributed by atoms with E-state index in [2.05, 4.69) is 45.4 Å². The molecule has 2 N–H and O–H groups in total. The number of nitrogens with zero attached hydrogens (tertiary/aromatic N) is 1. The van der Waals surface area contributed by atoms with Gasteiger partial charge in [0, 0.05) is 28.7 Å². The smallest absolute Gasteiger partial charge is 0.208 e. The number of carbonyl (C=O) groups is 2. The summed E-state index contributed by atoms with van der Waals surface area (Å²) in [6, 6.07) is 2.14. The van der Waals surface area contributed by atoms with Crippen molar-refractivity contribution < 1.29 is 23.1 Å². The molecule has 0 spiro atoms. The summed E-state index contributed by atoms with van der Waals surface area (Å²) < 4.78 is 26.6. The van der Waals surface area contributed by atoms with Crippen LogP contribution in [0.3, 0.4) is 0 Å². The first-order chi connectivity index (χ1) is 18.1. The SMILES string of the molecule is CC1(C)C(=O)C(C#N)=C[C@]2(C)C3=CC(=O)[C@]4(O)[C@@H]5C[C@@](C)(CNS(C)(=O)=O)CC[C@]5(C)CC[C@@]4(C)[C@]3(C)CC[C@@H]12. The third kappa shape index (κ3) is 3.62. The van der Waals surface area contributed by atoms with Crippen molar-refractivity contribution in [3.63, 3.8) is 0 Å². The maximum atomic E-state index is 14.5. The number of sulfonamides is 1. The van der Waals surface area contributed by atoms with E-state index in [0.29, 0.717) is 12.8 Å². The molecule has 3 saturated carbocycles. The molecular formula is C32H46N2O5S. The van der Waals surface area contributed by atoms with Gasteiger partial charge in [-0.2, -0.15) is 5.26 Å². The first-order valence-corrected chi connectivity index (χ1v) is 16.6. The van der Waals surface area contributed by atoms with Crippen LogP contribution in [0.15, 0.2) is 23.3 Å². The highest BCUT2D eigenvalue weighted by atomic mass is 32.2. The summed E-state index contributed by atoms with van der Waals surface area (Å²) in [6.07, 6.45) is 9.96. The van der Waals surface area contributed by atoms with E-state index in [1.165, 1.54) is 0 Å². The molecule has 5 rings (SSSR count). The number of fused-ring (bicyclic) bond motifs is 7. The molecule has 5 aliphatic carbocycles. The predicted octanol–water partition coefficient (Wildman–Crippen LogP) is 4.87. The van der Waals surface area contributed by atoms with E-state index >= 15 is 0 Å². The molecule has 8 atom stereocenters. The molecule has 0 aromatic carbocycles. The number of allylic oxidation sites excluding steroid dienone is 3. The Balaban J connectivity index is 1.66. The quantitative estimate of drug-likeness (QED) is 0.499. The summed E-state index contributed by atoms with van der Waals surface area (Å²) in [5.74, 6) is -0.784. The zero-order valence-electron chi connectivity index (χ0n) is 25.4. The van der Waals surface area contributed by atoms with Crippen molar-refractivity contribution in [3.8, 4) is 6.07 Å². The average Bonchev–Trinajstić information content (AvgIpc) is 2.85. The number of ketones is 2. The number of hydrogen-bond acceptors (Lipinski definition) is 6. The predicted molar refractivity (Wildman–Crippen MR) is 153 cm³/mol. The fourth-order valence-corrected chi connectivity index (χ4v) is 10.9. The van der Waals surface area contributed by atoms with Crippen molar-refractivity contribution in [2.75, 3.05) is 12.8 Å². The lowest BCUT2D eigenvalue weighted by Crippen LogP contribution is -2.74. The van der Waals surface area contributed by atoms with Crippen LogP contribution in [0, 0.1) is 55.7 Å². The third-order valence-electron chi connectivity index (χ3n) is 13.1. The maximum absolute atomic E-state index is 14.5. The molecule has 0 amide bonds. The Morgan fingerprint density at radius 2 is 1.62 bits per heavy atom. The molecule has 40 heavy (non-hydrogen) atoms. The average molecular weight is 571 g/mol. The highest BCUT2D eigenvalue weighted by molar-refractivity contribution is 7.88. The van der Waals surface area contributed by atoms with Crippen molar-refractivity contribution in [2.45, 2.75) is 99.0 Å². The number of Topliss-reactive ketones (excluding diaryl/α,β-unsaturated/α-hetero) is 1. The van der Waals surface area contributed by atoms with Crippen molar-refractivity contribution in [2.24, 2.45) is 44.3 Å². The Morgan fingerprint density at radius 3 is 2.23 bits per heavy atom. The molecule has 0 heterocycles. The first kappa shape index (κ1) is 29.7. The van der Waals surface area contributed by atoms with Gasteiger partial charge >= 0.3 is 0 Å². The van der Waals surface area contributed by atoms with Gasteiger partial charge in [-0.05, 0) is 78.8 Å². The molecule has 0 aromatic rings. The summed E-state index contributed by atoms with van der Waals surface area (Å²) in [7, 11) is -3.37. The molecule has 0 bridgehead atoms. The zero-order valence-corrected chi connectivity index (χ0v) is 26.2. The Kier molecular flexibility index (Phi) is 6.22. The normalized spacial score (nSPS) is 48.0. The van der Waals surface area contributed by atoms with Gasteiger partial charge in [-0.15, -0.1) is 0 Å². The van der Waals surface area contributed by atoms with Gasteiger partial charge < -0.3 is 5.11 Å². The Labute approximate surface area is 239 Å². The van der Waals surface area contributed by atoms with E-state index in [-0.39, 0.29) is 46.4 Å². The monoisotopic (exact) mass is 570 g/mol. The van der Waals surface area contributed by atoms with Crippen molar-refractivity contribution >= 4 is 21.6 Å². The van der Waals surface area contributed by atoms with Crippen LogP contribution in [-0.4, -0.2) is 43.5 Å². The van der Waals surface area contributed by atoms with Gasteiger partial charge in [0.25, 0.3) is 0 Å². The van der Waals surface area contributed by atoms with E-state index in [9.17, 15) is 28.4 Å². The molecule has 5 aliphatic rings. The summed E-state index contributed by atoms with van der Waals surface area (Å²) >= 11 is 0. The van der Waals surface area contributed by atoms with Crippen LogP contribution >= 0.6 is 0 Å². The lowest BCUT2D eigenvalue weighted by atomic mass is 9.33. The summed E-state index contributed by atoms with van der Waals surface area (Å²) in [6.45, 7) is 14.8. The van der Waals surface area contributed by atoms with Gasteiger partial charge in [0.05, 0.1) is 11.8 Å². The van der Waals surface area contributed by atoms with E-state index in [0.717, 1.165) is 43.9 Å². The maximum Gasteiger partial charge on any atom is 0.208 e. The third-order valence-corrected chi connectivity index (χ3v) is 13.8. The van der Waals surface area contributed by atoms with Gasteiger partial charge in [0.2, 0.25) is 10.0 Å². The highest BCUT2D eigenvalue weighted by Crippen LogP contribution is 2.75. The number of rotatable bonds is 3. The minimum absolute atomic E-state index is 0.0552. The molecule has 0 aliphatic heterocycles. The summed E-state index contributed by atoms with van der Waals surface area (Å²) in [5, 5.41) is 22.8. The molecule has 8 heteroatoms. The van der Waals surface area contributed by atoms with Gasteiger partial charge in [-0.1, -0.05) is 54.5 Å². The largest absolute Gasteiger partial charge is 0.381 e. The van der Waals surface area contributed by atoms with Crippen LogP contribution < -0.4 is 4.72 Å². The second kappa shape index (κ2) is 8.39. The molecular weight excluding hydrogens is 524 g/mol. The van der Waals surface area contributed by atoms with Gasteiger partial charge in [-0.3, -0.25) is 9.59 Å². The Morgan fingerprint density at radius 1 is 1.00 bits per heavy atom. The molecule has 7 nitrogen and oxygen atoms in total. The molecule has 0 unspecified atom stereocenters. The second-order valence-electron chi connectivity index (χ2n) is 15.8. The molecule has 0 aromatic heterocycles. The topological polar surface area (TPSA) is 124 Å². The van der Waals surface area contributed by atoms with E-state index in [1.54, 1.807) is 6.08 Å². The molecule has 3 fully saturated rings. The zero-order chi connectivity index (χ0) is 29.9. The standard InChI is InChI=1S/C32H46N2O5S/c1-26(2)21-9-10-30(6)22(29(21,5)16-20(18-33)25(26)36)15-24(35)32(37)23-17-27(3,19-34-40(8,38)39)11-12-28(23,4)13-14-31(30,32)7/h15-16,21,23,34,37H,9-14,17,19H2,1-8H3/t21-,23+,27-,28+,29-,30+,31-,32+/m0/s1. The fraction of sp³-hybridized carbons (Fsp3) is 0.781. The molecule has 0 saturated heterocycles. The van der Waals surface area contributed by atoms with Crippen molar-refractivity contribution in [3.05, 3.63) is 23.3 Å². The minimum Gasteiger partial charge on any atom is -0.381 e. The van der Waals surface area contributed by atoms with E-state index < -0.39 is 37.3 Å². The van der Waals surface area contributed by atoms with Crippen LogP contribution in [-0.2, 0) is 19.6 Å². The number of carbonyl (C=O) groups excluding carboxylic acids is 2. The highest BCUT2D eigenvalue weighted by Gasteiger charge is 2.75. The van der Waals surface area contributed by atoms with Crippen LogP contribution in [0.5, 0.6) is 0 Å². The molecule has 0 radical (unpaired) electrons. The van der Waals surface area contributed by atoms with Crippen LogP contribution in [0.1, 0.15) is 93.4 Å². The summed E-state index contributed by atoms with van der Waals surface area (Å²) in [4.78, 5) is 27.7. The number of aliphatic hydroxyl groups is 1. The van der Waals surface area contributed by atoms with Crippen LogP contribution in [0.25, 0.3) is 0 Å². The summed E-state index contributed by atoms with van der Waals surface area (Å²) in [5.41, 5.74) is -3.78. The fourth-order valence-electron chi connectivity index (χ4n) is 10.3. The van der Waals surface area contributed by atoms with Crippen LogP contribution in [0.4, 0.5) is 0 Å². The van der Waals surface area contributed by atoms with Crippen molar-refractivity contribution in [1.29, 1.82) is 5.26 Å². The minimum atomic E-state index is -3.37. The first-order valence-electron chi connectivity index (χ1n) is 14.8.